The molecule has 1 aliphatic carbocycles. The van der Waals surface area contributed by atoms with Crippen molar-refractivity contribution < 1.29 is 8.85 Å². The predicted octanol–water partition coefficient (Wildman–Crippen LogP) is 3.28. The topological polar surface area (TPSA) is 21.7 Å². The van der Waals surface area contributed by atoms with Crippen molar-refractivity contribution in [1.82, 2.24) is 4.57 Å². The van der Waals surface area contributed by atoms with E-state index in [0.29, 0.717) is 17.6 Å². The zero-order chi connectivity index (χ0) is 13.3. The summed E-state index contributed by atoms with van der Waals surface area (Å²) in [4.78, 5) is 0. The molecule has 4 heteroatoms. The van der Waals surface area contributed by atoms with Gasteiger partial charge in [0.2, 0.25) is 0 Å². The highest BCUT2D eigenvalue weighted by molar-refractivity contribution is 6.66. The molecular weight excluding hydrogens is 242 g/mol. The van der Waals surface area contributed by atoms with Gasteiger partial charge in [0.15, 0.2) is 0 Å². The maximum absolute atomic E-state index is 6.11. The molecule has 0 amide bonds. The molecule has 4 unspecified atom stereocenters. The quantitative estimate of drug-likeness (QED) is 0.732. The highest BCUT2D eigenvalue weighted by Crippen LogP contribution is 2.47. The highest BCUT2D eigenvalue weighted by Gasteiger charge is 2.57. The van der Waals surface area contributed by atoms with E-state index >= 15 is 0 Å². The first-order valence-corrected chi connectivity index (χ1v) is 9.29. The van der Waals surface area contributed by atoms with Gasteiger partial charge in [0.25, 0.3) is 0 Å². The Kier molecular flexibility index (Phi) is 4.52. The Labute approximate surface area is 113 Å². The first kappa shape index (κ1) is 14.5. The number of hydrogen-bond acceptors (Lipinski definition) is 3. The van der Waals surface area contributed by atoms with Crippen molar-refractivity contribution in [1.29, 1.82) is 0 Å². The van der Waals surface area contributed by atoms with Crippen LogP contribution in [0.4, 0.5) is 0 Å². The van der Waals surface area contributed by atoms with E-state index in [1.165, 1.54) is 32.1 Å². The van der Waals surface area contributed by atoms with E-state index in [1.807, 2.05) is 14.2 Å². The second-order valence-corrected chi connectivity index (χ2v) is 9.57. The summed E-state index contributed by atoms with van der Waals surface area (Å²) < 4.78 is 14.8. The largest absolute Gasteiger partial charge is 0.431 e. The first-order valence-electron chi connectivity index (χ1n) is 7.45. The molecular formula is C14H29NO2Si. The van der Waals surface area contributed by atoms with Crippen LogP contribution in [0.15, 0.2) is 0 Å². The van der Waals surface area contributed by atoms with Crippen molar-refractivity contribution in [3.63, 3.8) is 0 Å². The summed E-state index contributed by atoms with van der Waals surface area (Å²) in [6, 6.07) is 1.22. The fraction of sp³-hybridized carbons (Fsp3) is 1.00. The van der Waals surface area contributed by atoms with E-state index < -0.39 is 8.72 Å². The standard InChI is InChI=1S/C14H29NO2Si/c1-11-7-6-8-14(11)18(16-4,17-5)15-12(2)9-10-13(15)3/h11-14H,6-10H2,1-5H3. The van der Waals surface area contributed by atoms with E-state index in [9.17, 15) is 0 Å². The van der Waals surface area contributed by atoms with E-state index in [4.69, 9.17) is 8.85 Å². The summed E-state index contributed by atoms with van der Waals surface area (Å²) in [5.74, 6) is 0.747. The van der Waals surface area contributed by atoms with Crippen molar-refractivity contribution in [2.24, 2.45) is 5.92 Å². The van der Waals surface area contributed by atoms with Crippen LogP contribution < -0.4 is 0 Å². The molecule has 0 aromatic carbocycles. The van der Waals surface area contributed by atoms with Crippen molar-refractivity contribution in [2.75, 3.05) is 14.2 Å². The van der Waals surface area contributed by atoms with Gasteiger partial charge in [-0.15, -0.1) is 0 Å². The van der Waals surface area contributed by atoms with Gasteiger partial charge in [-0.3, -0.25) is 4.57 Å². The molecule has 1 heterocycles. The third-order valence-electron chi connectivity index (χ3n) is 5.23. The van der Waals surface area contributed by atoms with Gasteiger partial charge in [0.1, 0.15) is 0 Å². The lowest BCUT2D eigenvalue weighted by atomic mass is 10.1. The molecule has 0 N–H and O–H groups in total. The van der Waals surface area contributed by atoms with Gasteiger partial charge in [0, 0.05) is 31.8 Å². The molecule has 2 rings (SSSR count). The molecule has 106 valence electrons. The van der Waals surface area contributed by atoms with Crippen LogP contribution in [0.5, 0.6) is 0 Å². The molecule has 1 saturated heterocycles. The Morgan fingerprint density at radius 1 is 0.889 bits per heavy atom. The Hall–Kier alpha value is 0.0969. The van der Waals surface area contributed by atoms with Gasteiger partial charge in [0.05, 0.1) is 0 Å². The lowest BCUT2D eigenvalue weighted by Gasteiger charge is -2.45. The average molecular weight is 271 g/mol. The third kappa shape index (κ3) is 2.17. The highest BCUT2D eigenvalue weighted by atomic mass is 28.4. The van der Waals surface area contributed by atoms with Crippen LogP contribution >= 0.6 is 0 Å². The zero-order valence-electron chi connectivity index (χ0n) is 12.6. The summed E-state index contributed by atoms with van der Waals surface area (Å²) in [7, 11) is 1.51. The first-order chi connectivity index (χ1) is 8.56. The van der Waals surface area contributed by atoms with Crippen LogP contribution in [0.2, 0.25) is 5.54 Å². The SMILES string of the molecule is CO[Si](OC)(C1CCCC1C)N1C(C)CCC1C. The van der Waals surface area contributed by atoms with E-state index in [-0.39, 0.29) is 0 Å². The van der Waals surface area contributed by atoms with Crippen LogP contribution in [-0.2, 0) is 8.85 Å². The third-order valence-corrected chi connectivity index (χ3v) is 9.79. The molecule has 0 aromatic rings. The lowest BCUT2D eigenvalue weighted by Crippen LogP contribution is -2.64. The van der Waals surface area contributed by atoms with Gasteiger partial charge in [-0.25, -0.2) is 0 Å². The van der Waals surface area contributed by atoms with E-state index in [2.05, 4.69) is 25.3 Å². The normalized spacial score (nSPS) is 38.5. The minimum atomic E-state index is -2.23. The van der Waals surface area contributed by atoms with Gasteiger partial charge < -0.3 is 8.85 Å². The summed E-state index contributed by atoms with van der Waals surface area (Å²) in [5, 5.41) is 0. The molecule has 0 aromatic heterocycles. The van der Waals surface area contributed by atoms with Gasteiger partial charge in [-0.2, -0.15) is 0 Å². The second-order valence-electron chi connectivity index (χ2n) is 6.24. The van der Waals surface area contributed by atoms with Gasteiger partial charge in [-0.05, 0) is 39.0 Å². The van der Waals surface area contributed by atoms with Crippen LogP contribution in [0, 0.1) is 5.92 Å². The van der Waals surface area contributed by atoms with Gasteiger partial charge >= 0.3 is 8.72 Å². The molecule has 0 bridgehead atoms. The monoisotopic (exact) mass is 271 g/mol. The minimum Gasteiger partial charge on any atom is -0.386 e. The van der Waals surface area contributed by atoms with Gasteiger partial charge in [-0.1, -0.05) is 19.8 Å². The summed E-state index contributed by atoms with van der Waals surface area (Å²) in [6.45, 7) is 7.05. The second kappa shape index (κ2) is 5.61. The summed E-state index contributed by atoms with van der Waals surface area (Å²) >= 11 is 0. The summed E-state index contributed by atoms with van der Waals surface area (Å²) in [6.07, 6.45) is 6.52. The molecule has 1 aliphatic heterocycles. The van der Waals surface area contributed by atoms with Crippen LogP contribution in [0.25, 0.3) is 0 Å². The smallest absolute Gasteiger partial charge is 0.386 e. The lowest BCUT2D eigenvalue weighted by molar-refractivity contribution is 0.124. The Morgan fingerprint density at radius 2 is 1.44 bits per heavy atom. The van der Waals surface area contributed by atoms with Crippen LogP contribution in [0.3, 0.4) is 0 Å². The predicted molar refractivity (Wildman–Crippen MR) is 76.5 cm³/mol. The van der Waals surface area contributed by atoms with Crippen molar-refractivity contribution in [3.05, 3.63) is 0 Å². The Morgan fingerprint density at radius 3 is 1.83 bits per heavy atom. The summed E-state index contributed by atoms with van der Waals surface area (Å²) in [5.41, 5.74) is 0.635. The Balaban J connectivity index is 2.30. The van der Waals surface area contributed by atoms with Crippen LogP contribution in [-0.4, -0.2) is 39.6 Å². The molecule has 2 fully saturated rings. The molecule has 4 atom stereocenters. The van der Waals surface area contributed by atoms with Crippen molar-refractivity contribution in [3.8, 4) is 0 Å². The number of nitrogens with zero attached hydrogens (tertiary/aromatic N) is 1. The zero-order valence-corrected chi connectivity index (χ0v) is 13.6. The number of hydrogen-bond donors (Lipinski definition) is 0. The van der Waals surface area contributed by atoms with E-state index in [1.54, 1.807) is 0 Å². The molecule has 3 nitrogen and oxygen atoms in total. The molecule has 2 aliphatic rings. The molecule has 1 saturated carbocycles. The number of rotatable bonds is 4. The average Bonchev–Trinajstić information content (AvgIpc) is 2.92. The maximum Gasteiger partial charge on any atom is 0.431 e. The minimum absolute atomic E-state index is 0.611. The van der Waals surface area contributed by atoms with Crippen molar-refractivity contribution in [2.45, 2.75) is 70.5 Å². The molecule has 0 spiro atoms. The molecule has 18 heavy (non-hydrogen) atoms. The maximum atomic E-state index is 6.11. The van der Waals surface area contributed by atoms with Crippen LogP contribution in [0.1, 0.15) is 52.9 Å². The molecule has 0 radical (unpaired) electrons. The Bertz CT molecular complexity index is 273. The fourth-order valence-electron chi connectivity index (χ4n) is 4.29. The van der Waals surface area contributed by atoms with E-state index in [0.717, 1.165) is 5.92 Å². The fourth-order valence-corrected chi connectivity index (χ4v) is 8.80. The van der Waals surface area contributed by atoms with Crippen molar-refractivity contribution >= 4 is 8.72 Å².